The molecule has 0 aliphatic heterocycles. The van der Waals surface area contributed by atoms with Crippen molar-refractivity contribution in [2.45, 2.75) is 6.61 Å². The lowest BCUT2D eigenvalue weighted by atomic mass is 10.1. The zero-order valence-electron chi connectivity index (χ0n) is 8.92. The molecule has 94 valence electrons. The van der Waals surface area contributed by atoms with Crippen LogP contribution in [0.5, 0.6) is 0 Å². The van der Waals surface area contributed by atoms with E-state index < -0.39 is 0 Å². The van der Waals surface area contributed by atoms with E-state index in [2.05, 4.69) is 4.98 Å². The SMILES string of the molecule is OCc1ncc(-c2cc(Cl)c(Cl)c(Cl)c2)cc1Cl. The van der Waals surface area contributed by atoms with Gasteiger partial charge < -0.3 is 5.11 Å². The van der Waals surface area contributed by atoms with Crippen LogP contribution in [0.3, 0.4) is 0 Å². The van der Waals surface area contributed by atoms with E-state index in [9.17, 15) is 0 Å². The molecule has 0 aliphatic rings. The number of rotatable bonds is 2. The molecule has 2 rings (SSSR count). The first kappa shape index (κ1) is 13.9. The van der Waals surface area contributed by atoms with E-state index in [-0.39, 0.29) is 6.61 Å². The third-order valence-corrected chi connectivity index (χ3v) is 3.91. The molecule has 2 aromatic rings. The number of pyridine rings is 1. The highest BCUT2D eigenvalue weighted by Crippen LogP contribution is 2.35. The maximum atomic E-state index is 9.00. The molecule has 0 radical (unpaired) electrons. The smallest absolute Gasteiger partial charge is 0.0868 e. The first-order valence-corrected chi connectivity index (χ1v) is 6.44. The third-order valence-electron chi connectivity index (χ3n) is 2.38. The Labute approximate surface area is 124 Å². The zero-order valence-corrected chi connectivity index (χ0v) is 11.9. The van der Waals surface area contributed by atoms with Crippen LogP contribution in [-0.4, -0.2) is 10.1 Å². The summed E-state index contributed by atoms with van der Waals surface area (Å²) in [5, 5.41) is 10.4. The largest absolute Gasteiger partial charge is 0.390 e. The second-order valence-electron chi connectivity index (χ2n) is 3.56. The minimum absolute atomic E-state index is 0.207. The van der Waals surface area contributed by atoms with Crippen LogP contribution in [-0.2, 0) is 6.61 Å². The number of aliphatic hydroxyl groups excluding tert-OH is 1. The monoisotopic (exact) mass is 321 g/mol. The number of halogens is 4. The van der Waals surface area contributed by atoms with Gasteiger partial charge in [-0.15, -0.1) is 0 Å². The minimum Gasteiger partial charge on any atom is -0.390 e. The average Bonchev–Trinajstić information content (AvgIpc) is 2.35. The van der Waals surface area contributed by atoms with Crippen molar-refractivity contribution in [2.75, 3.05) is 0 Å². The van der Waals surface area contributed by atoms with Crippen molar-refractivity contribution in [1.29, 1.82) is 0 Å². The van der Waals surface area contributed by atoms with Gasteiger partial charge in [-0.1, -0.05) is 46.4 Å². The van der Waals surface area contributed by atoms with Gasteiger partial charge in [0.2, 0.25) is 0 Å². The Hall–Kier alpha value is -0.510. The molecule has 1 aromatic heterocycles. The lowest BCUT2D eigenvalue weighted by Gasteiger charge is -2.07. The van der Waals surface area contributed by atoms with Crippen molar-refractivity contribution in [3.8, 4) is 11.1 Å². The Bertz CT molecular complexity index is 578. The predicted octanol–water partition coefficient (Wildman–Crippen LogP) is 4.85. The molecule has 0 bridgehead atoms. The van der Waals surface area contributed by atoms with Gasteiger partial charge in [-0.05, 0) is 23.8 Å². The molecular weight excluding hydrogens is 316 g/mol. The van der Waals surface area contributed by atoms with E-state index >= 15 is 0 Å². The molecule has 1 heterocycles. The van der Waals surface area contributed by atoms with Gasteiger partial charge in [0.05, 0.1) is 32.4 Å². The number of aromatic nitrogens is 1. The van der Waals surface area contributed by atoms with E-state index in [1.54, 1.807) is 24.4 Å². The van der Waals surface area contributed by atoms with Crippen LogP contribution in [0.25, 0.3) is 11.1 Å². The highest BCUT2D eigenvalue weighted by Gasteiger charge is 2.09. The Kier molecular flexibility index (Phi) is 4.36. The Morgan fingerprint density at radius 3 is 1.94 bits per heavy atom. The highest BCUT2D eigenvalue weighted by molar-refractivity contribution is 6.48. The van der Waals surface area contributed by atoms with Gasteiger partial charge in [0.1, 0.15) is 0 Å². The fourth-order valence-corrected chi connectivity index (χ4v) is 2.28. The molecule has 1 N–H and O–H groups in total. The van der Waals surface area contributed by atoms with Gasteiger partial charge in [-0.2, -0.15) is 0 Å². The summed E-state index contributed by atoms with van der Waals surface area (Å²) in [6.07, 6.45) is 1.59. The Balaban J connectivity index is 2.52. The fraction of sp³-hybridized carbons (Fsp3) is 0.0833. The normalized spacial score (nSPS) is 10.7. The Morgan fingerprint density at radius 1 is 0.889 bits per heavy atom. The topological polar surface area (TPSA) is 33.1 Å². The molecule has 18 heavy (non-hydrogen) atoms. The molecule has 0 saturated heterocycles. The van der Waals surface area contributed by atoms with Crippen molar-refractivity contribution in [3.63, 3.8) is 0 Å². The van der Waals surface area contributed by atoms with Crippen molar-refractivity contribution >= 4 is 46.4 Å². The van der Waals surface area contributed by atoms with E-state index in [4.69, 9.17) is 51.5 Å². The number of benzene rings is 1. The minimum atomic E-state index is -0.207. The van der Waals surface area contributed by atoms with Crippen molar-refractivity contribution in [3.05, 3.63) is 50.2 Å². The lowest BCUT2D eigenvalue weighted by molar-refractivity contribution is 0.277. The van der Waals surface area contributed by atoms with Gasteiger partial charge in [0, 0.05) is 11.8 Å². The first-order valence-electron chi connectivity index (χ1n) is 4.93. The van der Waals surface area contributed by atoms with E-state index in [1.807, 2.05) is 0 Å². The van der Waals surface area contributed by atoms with E-state index in [0.717, 1.165) is 11.1 Å². The maximum Gasteiger partial charge on any atom is 0.0868 e. The van der Waals surface area contributed by atoms with Crippen LogP contribution in [0.15, 0.2) is 24.4 Å². The highest BCUT2D eigenvalue weighted by atomic mass is 35.5. The second-order valence-corrected chi connectivity index (χ2v) is 5.16. The summed E-state index contributed by atoms with van der Waals surface area (Å²) in [6, 6.07) is 5.06. The molecule has 0 unspecified atom stereocenters. The van der Waals surface area contributed by atoms with Gasteiger partial charge in [-0.25, -0.2) is 0 Å². The molecule has 2 nitrogen and oxygen atoms in total. The Morgan fingerprint density at radius 2 is 1.44 bits per heavy atom. The molecular formula is C12H7Cl4NO. The number of nitrogens with zero attached hydrogens (tertiary/aromatic N) is 1. The standard InChI is InChI=1S/C12H7Cl4NO/c13-8-3-7(4-17-11(8)5-18)6-1-9(14)12(16)10(15)2-6/h1-4,18H,5H2. The summed E-state index contributed by atoms with van der Waals surface area (Å²) in [7, 11) is 0. The van der Waals surface area contributed by atoms with Crippen molar-refractivity contribution < 1.29 is 5.11 Å². The number of aliphatic hydroxyl groups is 1. The van der Waals surface area contributed by atoms with Crippen LogP contribution in [0, 0.1) is 0 Å². The van der Waals surface area contributed by atoms with Crippen LogP contribution in [0.1, 0.15) is 5.69 Å². The average molecular weight is 323 g/mol. The quantitative estimate of drug-likeness (QED) is 0.801. The molecule has 0 amide bonds. The number of hydrogen-bond acceptors (Lipinski definition) is 2. The summed E-state index contributed by atoms with van der Waals surface area (Å²) in [6.45, 7) is -0.207. The number of hydrogen-bond donors (Lipinski definition) is 1. The first-order chi connectivity index (χ1) is 8.52. The molecule has 1 aromatic carbocycles. The lowest BCUT2D eigenvalue weighted by Crippen LogP contribution is -1.91. The van der Waals surface area contributed by atoms with Gasteiger partial charge in [-0.3, -0.25) is 4.98 Å². The van der Waals surface area contributed by atoms with Gasteiger partial charge in [0.15, 0.2) is 0 Å². The second kappa shape index (κ2) is 5.64. The molecule has 6 heteroatoms. The summed E-state index contributed by atoms with van der Waals surface area (Å²) < 4.78 is 0. The van der Waals surface area contributed by atoms with Crippen molar-refractivity contribution in [1.82, 2.24) is 4.98 Å². The summed E-state index contributed by atoms with van der Waals surface area (Å²) in [5.41, 5.74) is 1.93. The van der Waals surface area contributed by atoms with Crippen molar-refractivity contribution in [2.24, 2.45) is 0 Å². The van der Waals surface area contributed by atoms with Crippen LogP contribution in [0.4, 0.5) is 0 Å². The van der Waals surface area contributed by atoms with E-state index in [1.165, 1.54) is 0 Å². The van der Waals surface area contributed by atoms with E-state index in [0.29, 0.717) is 25.8 Å². The third kappa shape index (κ3) is 2.73. The molecule has 0 aliphatic carbocycles. The van der Waals surface area contributed by atoms with Gasteiger partial charge >= 0.3 is 0 Å². The molecule has 0 saturated carbocycles. The van der Waals surface area contributed by atoms with Crippen LogP contribution >= 0.6 is 46.4 Å². The summed E-state index contributed by atoms with van der Waals surface area (Å²) in [5.74, 6) is 0. The summed E-state index contributed by atoms with van der Waals surface area (Å²) >= 11 is 23.8. The molecule has 0 atom stereocenters. The van der Waals surface area contributed by atoms with Crippen LogP contribution in [0.2, 0.25) is 20.1 Å². The van der Waals surface area contributed by atoms with Crippen LogP contribution < -0.4 is 0 Å². The predicted molar refractivity (Wildman–Crippen MR) is 75.6 cm³/mol. The molecule has 0 spiro atoms. The summed E-state index contributed by atoms with van der Waals surface area (Å²) in [4.78, 5) is 4.05. The fourth-order valence-electron chi connectivity index (χ4n) is 1.46. The molecule has 0 fully saturated rings. The zero-order chi connectivity index (χ0) is 13.3. The van der Waals surface area contributed by atoms with Gasteiger partial charge in [0.25, 0.3) is 0 Å². The maximum absolute atomic E-state index is 9.00.